The van der Waals surface area contributed by atoms with Crippen LogP contribution in [0.3, 0.4) is 0 Å². The predicted molar refractivity (Wildman–Crippen MR) is 67.1 cm³/mol. The molecule has 16 heavy (non-hydrogen) atoms. The highest BCUT2D eigenvalue weighted by Crippen LogP contribution is 2.35. The Balaban J connectivity index is 2.18. The van der Waals surface area contributed by atoms with Crippen molar-refractivity contribution in [1.82, 2.24) is 0 Å². The van der Waals surface area contributed by atoms with Crippen LogP contribution in [0.25, 0.3) is 0 Å². The van der Waals surface area contributed by atoms with Crippen molar-refractivity contribution in [1.29, 1.82) is 0 Å². The fourth-order valence-electron chi connectivity index (χ4n) is 2.34. The van der Waals surface area contributed by atoms with Crippen molar-refractivity contribution in [2.45, 2.75) is 26.2 Å². The van der Waals surface area contributed by atoms with Gasteiger partial charge in [0.1, 0.15) is 5.78 Å². The first-order valence-electron chi connectivity index (χ1n) is 5.55. The molecule has 3 heteroatoms. The van der Waals surface area contributed by atoms with E-state index < -0.39 is 0 Å². The monoisotopic (exact) mass is 256 g/mol. The molecule has 86 valence electrons. The number of hydrogen-bond donors (Lipinski definition) is 0. The Morgan fingerprint density at radius 3 is 2.44 bits per heavy atom. The van der Waals surface area contributed by atoms with Crippen LogP contribution in [-0.4, -0.2) is 5.78 Å². The lowest BCUT2D eigenvalue weighted by molar-refractivity contribution is -0.120. The minimum atomic E-state index is 0.146. The van der Waals surface area contributed by atoms with Gasteiger partial charge < -0.3 is 0 Å². The van der Waals surface area contributed by atoms with E-state index in [2.05, 4.69) is 0 Å². The van der Waals surface area contributed by atoms with Gasteiger partial charge >= 0.3 is 0 Å². The Kier molecular flexibility index (Phi) is 3.56. The quantitative estimate of drug-likeness (QED) is 0.777. The zero-order chi connectivity index (χ0) is 11.7. The summed E-state index contributed by atoms with van der Waals surface area (Å²) in [5, 5.41) is 1.41. The largest absolute Gasteiger partial charge is 0.299 e. The van der Waals surface area contributed by atoms with Gasteiger partial charge in [-0.15, -0.1) is 0 Å². The third-order valence-corrected chi connectivity index (χ3v) is 4.21. The van der Waals surface area contributed by atoms with E-state index in [9.17, 15) is 4.79 Å². The molecule has 0 bridgehead atoms. The zero-order valence-corrected chi connectivity index (χ0v) is 10.7. The molecule has 2 rings (SSSR count). The van der Waals surface area contributed by atoms with Crippen molar-refractivity contribution >= 4 is 29.0 Å². The van der Waals surface area contributed by atoms with Crippen molar-refractivity contribution < 1.29 is 4.79 Å². The first-order valence-corrected chi connectivity index (χ1v) is 6.30. The maximum Gasteiger partial charge on any atom is 0.135 e. The molecule has 1 aliphatic carbocycles. The molecule has 0 spiro atoms. The van der Waals surface area contributed by atoms with Crippen LogP contribution in [0, 0.1) is 11.8 Å². The van der Waals surface area contributed by atoms with Gasteiger partial charge in [-0.1, -0.05) is 36.2 Å². The fourth-order valence-corrected chi connectivity index (χ4v) is 2.89. The molecule has 1 aromatic rings. The summed E-state index contributed by atoms with van der Waals surface area (Å²) in [7, 11) is 0. The Morgan fingerprint density at radius 2 is 1.94 bits per heavy atom. The average molecular weight is 257 g/mol. The molecule has 1 aromatic carbocycles. The van der Waals surface area contributed by atoms with E-state index in [0.29, 0.717) is 28.2 Å². The minimum absolute atomic E-state index is 0.146. The maximum absolute atomic E-state index is 11.5. The summed E-state index contributed by atoms with van der Waals surface area (Å²) in [4.78, 5) is 11.5. The van der Waals surface area contributed by atoms with Gasteiger partial charge in [0.25, 0.3) is 0 Å². The highest BCUT2D eigenvalue weighted by Gasteiger charge is 2.31. The summed E-state index contributed by atoms with van der Waals surface area (Å²) in [6, 6.07) is 5.55. The third-order valence-electron chi connectivity index (χ3n) is 3.50. The average Bonchev–Trinajstić information content (AvgIpc) is 2.55. The first kappa shape index (κ1) is 11.9. The lowest BCUT2D eigenvalue weighted by atomic mass is 9.90. The van der Waals surface area contributed by atoms with Crippen LogP contribution in [0.2, 0.25) is 10.0 Å². The molecule has 1 saturated carbocycles. The van der Waals surface area contributed by atoms with Crippen molar-refractivity contribution in [3.8, 4) is 0 Å². The highest BCUT2D eigenvalue weighted by atomic mass is 35.5. The summed E-state index contributed by atoms with van der Waals surface area (Å²) in [6.45, 7) is 2.00. The van der Waals surface area contributed by atoms with Gasteiger partial charge in [-0.2, -0.15) is 0 Å². The second kappa shape index (κ2) is 4.77. The van der Waals surface area contributed by atoms with Gasteiger partial charge in [0, 0.05) is 22.4 Å². The lowest BCUT2D eigenvalue weighted by Crippen LogP contribution is -2.13. The van der Waals surface area contributed by atoms with E-state index in [1.807, 2.05) is 25.1 Å². The van der Waals surface area contributed by atoms with E-state index in [-0.39, 0.29) is 5.92 Å². The fraction of sp³-hybridized carbons (Fsp3) is 0.462. The molecule has 1 fully saturated rings. The van der Waals surface area contributed by atoms with E-state index in [4.69, 9.17) is 23.2 Å². The van der Waals surface area contributed by atoms with Crippen LogP contribution in [0.15, 0.2) is 18.2 Å². The van der Waals surface area contributed by atoms with Crippen molar-refractivity contribution in [2.24, 2.45) is 11.8 Å². The van der Waals surface area contributed by atoms with E-state index in [1.54, 1.807) is 0 Å². The number of carbonyl (C=O) groups excluding carboxylic acids is 1. The number of rotatable bonds is 2. The Labute approximate surface area is 106 Å². The van der Waals surface area contributed by atoms with E-state index >= 15 is 0 Å². The topological polar surface area (TPSA) is 17.1 Å². The van der Waals surface area contributed by atoms with Crippen LogP contribution in [0.5, 0.6) is 0 Å². The Hall–Kier alpha value is -0.530. The first-order chi connectivity index (χ1) is 7.59. The number of halogens is 2. The second-order valence-corrected chi connectivity index (χ2v) is 5.27. The van der Waals surface area contributed by atoms with Crippen molar-refractivity contribution in [2.75, 3.05) is 0 Å². The molecular formula is C13H14Cl2O. The molecule has 0 aliphatic heterocycles. The summed E-state index contributed by atoms with van der Waals surface area (Å²) < 4.78 is 0. The molecule has 1 aliphatic rings. The molecule has 0 N–H and O–H groups in total. The Bertz CT molecular complexity index is 394. The number of carbonyl (C=O) groups is 1. The predicted octanol–water partition coefficient (Wildman–Crippen LogP) is 4.15. The molecule has 2 atom stereocenters. The van der Waals surface area contributed by atoms with Crippen molar-refractivity contribution in [3.05, 3.63) is 33.8 Å². The van der Waals surface area contributed by atoms with Gasteiger partial charge in [0.05, 0.1) is 0 Å². The SMILES string of the molecule is CC1C(=O)CCC1Cc1c(Cl)cccc1Cl. The molecule has 0 saturated heterocycles. The molecule has 1 nitrogen and oxygen atoms in total. The third kappa shape index (κ3) is 2.26. The van der Waals surface area contributed by atoms with Gasteiger partial charge in [-0.05, 0) is 36.5 Å². The van der Waals surface area contributed by atoms with Crippen LogP contribution in [0.4, 0.5) is 0 Å². The summed E-state index contributed by atoms with van der Waals surface area (Å²) in [6.07, 6.45) is 2.47. The normalized spacial score (nSPS) is 25.1. The van der Waals surface area contributed by atoms with Gasteiger partial charge in [-0.3, -0.25) is 4.79 Å². The summed E-state index contributed by atoms with van der Waals surface area (Å²) in [5.74, 6) is 0.908. The number of Topliss-reactive ketones (excluding diaryl/α,β-unsaturated/α-hetero) is 1. The molecule has 0 heterocycles. The van der Waals surface area contributed by atoms with E-state index in [1.165, 1.54) is 0 Å². The maximum atomic E-state index is 11.5. The van der Waals surface area contributed by atoms with Crippen LogP contribution >= 0.6 is 23.2 Å². The summed E-state index contributed by atoms with van der Waals surface area (Å²) in [5.41, 5.74) is 0.984. The lowest BCUT2D eigenvalue weighted by Gasteiger charge is -2.15. The van der Waals surface area contributed by atoms with Gasteiger partial charge in [0.15, 0.2) is 0 Å². The highest BCUT2D eigenvalue weighted by molar-refractivity contribution is 6.36. The second-order valence-electron chi connectivity index (χ2n) is 4.46. The van der Waals surface area contributed by atoms with E-state index in [0.717, 1.165) is 18.4 Å². The molecule has 0 radical (unpaired) electrons. The molecule has 0 aromatic heterocycles. The minimum Gasteiger partial charge on any atom is -0.299 e. The van der Waals surface area contributed by atoms with Crippen LogP contribution in [0.1, 0.15) is 25.3 Å². The molecular weight excluding hydrogens is 243 g/mol. The number of hydrogen-bond acceptors (Lipinski definition) is 1. The summed E-state index contributed by atoms with van der Waals surface area (Å²) >= 11 is 12.2. The molecule has 0 amide bonds. The zero-order valence-electron chi connectivity index (χ0n) is 9.17. The smallest absolute Gasteiger partial charge is 0.135 e. The molecule has 2 unspecified atom stereocenters. The van der Waals surface area contributed by atoms with Crippen LogP contribution < -0.4 is 0 Å². The van der Waals surface area contributed by atoms with Crippen molar-refractivity contribution in [3.63, 3.8) is 0 Å². The van der Waals surface area contributed by atoms with Crippen LogP contribution in [-0.2, 0) is 11.2 Å². The Morgan fingerprint density at radius 1 is 1.31 bits per heavy atom. The number of benzene rings is 1. The van der Waals surface area contributed by atoms with Gasteiger partial charge in [-0.25, -0.2) is 0 Å². The standard InChI is InChI=1S/C13H14Cl2O/c1-8-9(5-6-13(8)16)7-10-11(14)3-2-4-12(10)15/h2-4,8-9H,5-7H2,1H3. The van der Waals surface area contributed by atoms with Gasteiger partial charge in [0.2, 0.25) is 0 Å². The number of ketones is 1.